The lowest BCUT2D eigenvalue weighted by Gasteiger charge is -2.20. The Balaban J connectivity index is 2.10. The Labute approximate surface area is 116 Å². The zero-order valence-electron chi connectivity index (χ0n) is 10.4. The Bertz CT molecular complexity index is 404. The normalized spacial score (nSPS) is 23.7. The minimum atomic E-state index is -0.654. The highest BCUT2D eigenvalue weighted by Gasteiger charge is 2.30. The third kappa shape index (κ3) is 3.03. The van der Waals surface area contributed by atoms with E-state index in [4.69, 9.17) is 0 Å². The van der Waals surface area contributed by atoms with E-state index in [-0.39, 0.29) is 0 Å². The Kier molecular flexibility index (Phi) is 4.61. The molecule has 1 fully saturated rings. The van der Waals surface area contributed by atoms with Crippen LogP contribution in [0.3, 0.4) is 0 Å². The number of nitrogens with one attached hydrogen (secondary N) is 1. The molecule has 1 saturated heterocycles. The van der Waals surface area contributed by atoms with E-state index in [1.165, 1.54) is 5.56 Å². The highest BCUT2D eigenvalue weighted by Crippen LogP contribution is 2.30. The standard InChI is InChI=1S/C13H19BrN2O2/c1-2-15-6-9-3-4-11(10(14)5-9)16-7-12(17)13(18)8-16/h3-5,12-13,15,17-18H,2,6-8H2,1H3. The molecule has 0 bridgehead atoms. The molecule has 0 aliphatic carbocycles. The van der Waals surface area contributed by atoms with Crippen molar-refractivity contribution in [1.82, 2.24) is 5.32 Å². The molecule has 3 N–H and O–H groups in total. The predicted molar refractivity (Wildman–Crippen MR) is 75.7 cm³/mol. The number of aliphatic hydroxyl groups excluding tert-OH is 2. The zero-order chi connectivity index (χ0) is 13.1. The number of hydrogen-bond donors (Lipinski definition) is 3. The van der Waals surface area contributed by atoms with Gasteiger partial charge >= 0.3 is 0 Å². The third-order valence-corrected chi connectivity index (χ3v) is 3.83. The first kappa shape index (κ1) is 13.8. The van der Waals surface area contributed by atoms with E-state index in [1.54, 1.807) is 0 Å². The summed E-state index contributed by atoms with van der Waals surface area (Å²) in [6.45, 7) is 4.83. The SMILES string of the molecule is CCNCc1ccc(N2CC(O)C(O)C2)c(Br)c1. The Morgan fingerprint density at radius 2 is 2.00 bits per heavy atom. The van der Waals surface area contributed by atoms with Gasteiger partial charge in [-0.2, -0.15) is 0 Å². The molecule has 0 amide bonds. The number of anilines is 1. The van der Waals surface area contributed by atoms with Gasteiger partial charge in [-0.15, -0.1) is 0 Å². The summed E-state index contributed by atoms with van der Waals surface area (Å²) in [5.74, 6) is 0. The van der Waals surface area contributed by atoms with Gasteiger partial charge in [-0.3, -0.25) is 0 Å². The van der Waals surface area contributed by atoms with Crippen molar-refractivity contribution in [2.24, 2.45) is 0 Å². The van der Waals surface area contributed by atoms with Crippen molar-refractivity contribution in [3.63, 3.8) is 0 Å². The number of rotatable bonds is 4. The summed E-state index contributed by atoms with van der Waals surface area (Å²) in [5.41, 5.74) is 2.23. The molecule has 5 heteroatoms. The van der Waals surface area contributed by atoms with Crippen LogP contribution in [0, 0.1) is 0 Å². The zero-order valence-corrected chi connectivity index (χ0v) is 12.0. The fraction of sp³-hybridized carbons (Fsp3) is 0.538. The number of nitrogens with zero attached hydrogens (tertiary/aromatic N) is 1. The average Bonchev–Trinajstić information content (AvgIpc) is 2.67. The largest absolute Gasteiger partial charge is 0.389 e. The number of halogens is 1. The molecule has 2 rings (SSSR count). The highest BCUT2D eigenvalue weighted by atomic mass is 79.9. The van der Waals surface area contributed by atoms with Crippen molar-refractivity contribution in [3.8, 4) is 0 Å². The second-order valence-corrected chi connectivity index (χ2v) is 5.46. The molecular weight excluding hydrogens is 296 g/mol. The van der Waals surface area contributed by atoms with Crippen LogP contribution in [0.2, 0.25) is 0 Å². The Morgan fingerprint density at radius 1 is 1.33 bits per heavy atom. The van der Waals surface area contributed by atoms with Gasteiger partial charge in [0.25, 0.3) is 0 Å². The van der Waals surface area contributed by atoms with E-state index < -0.39 is 12.2 Å². The summed E-state index contributed by atoms with van der Waals surface area (Å²) < 4.78 is 0.999. The lowest BCUT2D eigenvalue weighted by atomic mass is 10.2. The van der Waals surface area contributed by atoms with Gasteiger partial charge in [-0.05, 0) is 40.2 Å². The number of hydrogen-bond acceptors (Lipinski definition) is 4. The molecule has 4 nitrogen and oxygen atoms in total. The first-order chi connectivity index (χ1) is 8.61. The van der Waals surface area contributed by atoms with Gasteiger partial charge in [-0.25, -0.2) is 0 Å². The maximum absolute atomic E-state index is 9.57. The molecule has 100 valence electrons. The fourth-order valence-electron chi connectivity index (χ4n) is 2.15. The van der Waals surface area contributed by atoms with Crippen LogP contribution in [0.5, 0.6) is 0 Å². The molecule has 18 heavy (non-hydrogen) atoms. The molecule has 0 aromatic heterocycles. The minimum absolute atomic E-state index is 0.478. The summed E-state index contributed by atoms with van der Waals surface area (Å²) >= 11 is 3.56. The van der Waals surface area contributed by atoms with Crippen molar-refractivity contribution in [2.75, 3.05) is 24.5 Å². The van der Waals surface area contributed by atoms with E-state index >= 15 is 0 Å². The van der Waals surface area contributed by atoms with Crippen LogP contribution in [-0.2, 0) is 6.54 Å². The molecular formula is C13H19BrN2O2. The van der Waals surface area contributed by atoms with Crippen LogP contribution in [0.25, 0.3) is 0 Å². The van der Waals surface area contributed by atoms with Crippen molar-refractivity contribution >= 4 is 21.6 Å². The maximum atomic E-state index is 9.57. The number of aliphatic hydroxyl groups is 2. The van der Waals surface area contributed by atoms with Gasteiger partial charge in [0.15, 0.2) is 0 Å². The van der Waals surface area contributed by atoms with E-state index in [0.29, 0.717) is 13.1 Å². The van der Waals surface area contributed by atoms with Crippen LogP contribution < -0.4 is 10.2 Å². The molecule has 2 unspecified atom stereocenters. The minimum Gasteiger partial charge on any atom is -0.389 e. The third-order valence-electron chi connectivity index (χ3n) is 3.19. The molecule has 1 aromatic carbocycles. The topological polar surface area (TPSA) is 55.7 Å². The molecule has 2 atom stereocenters. The monoisotopic (exact) mass is 314 g/mol. The number of β-amino-alcohol motifs (C(OH)–C–C–N with tert-alkyl or cyclic N) is 2. The Morgan fingerprint density at radius 3 is 2.56 bits per heavy atom. The van der Waals surface area contributed by atoms with E-state index in [2.05, 4.69) is 40.3 Å². The summed E-state index contributed by atoms with van der Waals surface area (Å²) in [6, 6.07) is 6.18. The van der Waals surface area contributed by atoms with Crippen molar-refractivity contribution in [3.05, 3.63) is 28.2 Å². The summed E-state index contributed by atoms with van der Waals surface area (Å²) in [7, 11) is 0. The van der Waals surface area contributed by atoms with Crippen molar-refractivity contribution < 1.29 is 10.2 Å². The average molecular weight is 315 g/mol. The van der Waals surface area contributed by atoms with Gasteiger partial charge < -0.3 is 20.4 Å². The first-order valence-electron chi connectivity index (χ1n) is 6.22. The van der Waals surface area contributed by atoms with Crippen LogP contribution in [-0.4, -0.2) is 42.1 Å². The first-order valence-corrected chi connectivity index (χ1v) is 7.01. The van der Waals surface area contributed by atoms with E-state index in [0.717, 1.165) is 23.2 Å². The van der Waals surface area contributed by atoms with Gasteiger partial charge in [0.1, 0.15) is 0 Å². The summed E-state index contributed by atoms with van der Waals surface area (Å²) in [5, 5.41) is 22.4. The Hall–Kier alpha value is -0.620. The van der Waals surface area contributed by atoms with Crippen LogP contribution >= 0.6 is 15.9 Å². The van der Waals surface area contributed by atoms with Crippen LogP contribution in [0.15, 0.2) is 22.7 Å². The quantitative estimate of drug-likeness (QED) is 0.779. The van der Waals surface area contributed by atoms with Gasteiger partial charge in [0, 0.05) is 24.1 Å². The molecule has 1 heterocycles. The molecule has 0 saturated carbocycles. The lowest BCUT2D eigenvalue weighted by molar-refractivity contribution is 0.0572. The second-order valence-electron chi connectivity index (χ2n) is 4.61. The lowest BCUT2D eigenvalue weighted by Crippen LogP contribution is -2.22. The predicted octanol–water partition coefficient (Wildman–Crippen LogP) is 1.10. The van der Waals surface area contributed by atoms with Crippen molar-refractivity contribution in [1.29, 1.82) is 0 Å². The summed E-state index contributed by atoms with van der Waals surface area (Å²) in [4.78, 5) is 2.00. The molecule has 0 spiro atoms. The maximum Gasteiger partial charge on any atom is 0.0990 e. The summed E-state index contributed by atoms with van der Waals surface area (Å²) in [6.07, 6.45) is -1.31. The molecule has 1 aliphatic rings. The van der Waals surface area contributed by atoms with E-state index in [9.17, 15) is 10.2 Å². The van der Waals surface area contributed by atoms with Crippen LogP contribution in [0.4, 0.5) is 5.69 Å². The van der Waals surface area contributed by atoms with Crippen LogP contribution in [0.1, 0.15) is 12.5 Å². The molecule has 0 radical (unpaired) electrons. The van der Waals surface area contributed by atoms with E-state index in [1.807, 2.05) is 11.0 Å². The van der Waals surface area contributed by atoms with Gasteiger partial charge in [0.2, 0.25) is 0 Å². The number of benzene rings is 1. The second kappa shape index (κ2) is 6.02. The smallest absolute Gasteiger partial charge is 0.0990 e. The highest BCUT2D eigenvalue weighted by molar-refractivity contribution is 9.10. The fourth-order valence-corrected chi connectivity index (χ4v) is 2.83. The van der Waals surface area contributed by atoms with Crippen molar-refractivity contribution in [2.45, 2.75) is 25.7 Å². The molecule has 1 aromatic rings. The molecule has 1 aliphatic heterocycles. The van der Waals surface area contributed by atoms with Gasteiger partial charge in [-0.1, -0.05) is 13.0 Å². The van der Waals surface area contributed by atoms with Gasteiger partial charge in [0.05, 0.1) is 17.9 Å².